The number of halogens is 2. The molecule has 1 unspecified atom stereocenters. The minimum absolute atomic E-state index is 0.281. The van der Waals surface area contributed by atoms with E-state index < -0.39 is 0 Å². The Morgan fingerprint density at radius 2 is 1.96 bits per heavy atom. The van der Waals surface area contributed by atoms with Crippen LogP contribution in [0, 0.1) is 0 Å². The molecule has 1 N–H and O–H groups in total. The summed E-state index contributed by atoms with van der Waals surface area (Å²) < 4.78 is 10.6. The van der Waals surface area contributed by atoms with E-state index in [0.717, 1.165) is 11.3 Å². The lowest BCUT2D eigenvalue weighted by atomic mass is 10.1. The molecule has 23 heavy (non-hydrogen) atoms. The van der Waals surface area contributed by atoms with Gasteiger partial charge in [-0.05, 0) is 35.9 Å². The smallest absolute Gasteiger partial charge is 0.252 e. The van der Waals surface area contributed by atoms with E-state index >= 15 is 0 Å². The third-order valence-corrected chi connectivity index (χ3v) is 3.92. The standard InChI is InChI=1S/C17H17Cl2NO3/c1-22-13-5-3-4-11(8-13)16(23-2)10-20-17(21)14-7-6-12(18)9-15(14)19/h3-9,16H,10H2,1-2H3,(H,20,21). The molecule has 0 bridgehead atoms. The molecular formula is C17H17Cl2NO3. The first-order chi connectivity index (χ1) is 11.0. The summed E-state index contributed by atoms with van der Waals surface area (Å²) in [5, 5.41) is 3.61. The van der Waals surface area contributed by atoms with Crippen molar-refractivity contribution >= 4 is 29.1 Å². The molecule has 0 aliphatic heterocycles. The fourth-order valence-electron chi connectivity index (χ4n) is 2.13. The van der Waals surface area contributed by atoms with Crippen molar-refractivity contribution in [2.24, 2.45) is 0 Å². The van der Waals surface area contributed by atoms with Gasteiger partial charge in [-0.3, -0.25) is 4.79 Å². The van der Waals surface area contributed by atoms with Gasteiger partial charge in [-0.2, -0.15) is 0 Å². The number of hydrogen-bond acceptors (Lipinski definition) is 3. The lowest BCUT2D eigenvalue weighted by Crippen LogP contribution is -2.29. The Balaban J connectivity index is 2.06. The van der Waals surface area contributed by atoms with Crippen LogP contribution in [0.4, 0.5) is 0 Å². The maximum absolute atomic E-state index is 12.2. The Hall–Kier alpha value is -1.75. The highest BCUT2D eigenvalue weighted by atomic mass is 35.5. The van der Waals surface area contributed by atoms with Crippen molar-refractivity contribution in [2.45, 2.75) is 6.10 Å². The zero-order chi connectivity index (χ0) is 16.8. The summed E-state index contributed by atoms with van der Waals surface area (Å²) in [6.07, 6.45) is -0.292. The summed E-state index contributed by atoms with van der Waals surface area (Å²) in [6, 6.07) is 12.3. The van der Waals surface area contributed by atoms with Crippen LogP contribution in [0.15, 0.2) is 42.5 Å². The minimum atomic E-state index is -0.292. The minimum Gasteiger partial charge on any atom is -0.497 e. The van der Waals surface area contributed by atoms with Crippen molar-refractivity contribution in [2.75, 3.05) is 20.8 Å². The highest BCUT2D eigenvalue weighted by Crippen LogP contribution is 2.23. The number of rotatable bonds is 6. The average molecular weight is 354 g/mol. The number of nitrogens with one attached hydrogen (secondary N) is 1. The van der Waals surface area contributed by atoms with Gasteiger partial charge in [-0.1, -0.05) is 35.3 Å². The van der Waals surface area contributed by atoms with Crippen LogP contribution in [0.3, 0.4) is 0 Å². The van der Waals surface area contributed by atoms with Crippen LogP contribution in [0.5, 0.6) is 5.75 Å². The maximum Gasteiger partial charge on any atom is 0.252 e. The Kier molecular flexibility index (Phi) is 6.28. The van der Waals surface area contributed by atoms with Crippen molar-refractivity contribution < 1.29 is 14.3 Å². The number of carbonyl (C=O) groups is 1. The Bertz CT molecular complexity index is 691. The number of ether oxygens (including phenoxy) is 2. The summed E-state index contributed by atoms with van der Waals surface area (Å²) in [4.78, 5) is 12.2. The molecule has 0 spiro atoms. The Morgan fingerprint density at radius 3 is 2.61 bits per heavy atom. The lowest BCUT2D eigenvalue weighted by molar-refractivity contribution is 0.0827. The van der Waals surface area contributed by atoms with Gasteiger partial charge in [0.05, 0.1) is 23.8 Å². The second-order valence-electron chi connectivity index (χ2n) is 4.84. The van der Waals surface area contributed by atoms with Crippen LogP contribution in [0.1, 0.15) is 22.0 Å². The summed E-state index contributed by atoms with van der Waals surface area (Å²) in [5.74, 6) is 0.452. The topological polar surface area (TPSA) is 47.6 Å². The van der Waals surface area contributed by atoms with Crippen LogP contribution in [-0.4, -0.2) is 26.7 Å². The monoisotopic (exact) mass is 353 g/mol. The number of carbonyl (C=O) groups excluding carboxylic acids is 1. The molecule has 6 heteroatoms. The SMILES string of the molecule is COc1cccc(C(CNC(=O)c2ccc(Cl)cc2Cl)OC)c1. The van der Waals surface area contributed by atoms with Crippen LogP contribution in [-0.2, 0) is 4.74 Å². The van der Waals surface area contributed by atoms with E-state index in [9.17, 15) is 4.79 Å². The fraction of sp³-hybridized carbons (Fsp3) is 0.235. The molecule has 0 fully saturated rings. The van der Waals surface area contributed by atoms with Gasteiger partial charge in [-0.25, -0.2) is 0 Å². The summed E-state index contributed by atoms with van der Waals surface area (Å²) in [7, 11) is 3.19. The van der Waals surface area contributed by atoms with E-state index in [-0.39, 0.29) is 12.0 Å². The summed E-state index contributed by atoms with van der Waals surface area (Å²) >= 11 is 11.9. The van der Waals surface area contributed by atoms with Gasteiger partial charge < -0.3 is 14.8 Å². The van der Waals surface area contributed by atoms with Gasteiger partial charge in [0.25, 0.3) is 5.91 Å². The number of benzene rings is 2. The molecule has 2 aromatic carbocycles. The maximum atomic E-state index is 12.2. The molecule has 2 rings (SSSR count). The lowest BCUT2D eigenvalue weighted by Gasteiger charge is -2.17. The van der Waals surface area contributed by atoms with E-state index in [2.05, 4.69) is 5.32 Å². The normalized spacial score (nSPS) is 11.8. The molecule has 0 radical (unpaired) electrons. The van der Waals surface area contributed by atoms with E-state index in [1.807, 2.05) is 24.3 Å². The zero-order valence-electron chi connectivity index (χ0n) is 12.8. The largest absolute Gasteiger partial charge is 0.497 e. The molecule has 0 aliphatic carbocycles. The molecule has 0 aliphatic rings. The van der Waals surface area contributed by atoms with Crippen molar-refractivity contribution in [3.63, 3.8) is 0 Å². The predicted molar refractivity (Wildman–Crippen MR) is 91.5 cm³/mol. The van der Waals surface area contributed by atoms with E-state index in [1.165, 1.54) is 6.07 Å². The molecule has 4 nitrogen and oxygen atoms in total. The predicted octanol–water partition coefficient (Wildman–Crippen LogP) is 4.12. The highest BCUT2D eigenvalue weighted by Gasteiger charge is 2.15. The quantitative estimate of drug-likeness (QED) is 0.849. The van der Waals surface area contributed by atoms with Crippen LogP contribution >= 0.6 is 23.2 Å². The molecule has 0 saturated carbocycles. The molecule has 0 aromatic heterocycles. The van der Waals surface area contributed by atoms with Gasteiger partial charge in [0.1, 0.15) is 5.75 Å². The number of hydrogen-bond donors (Lipinski definition) is 1. The third-order valence-electron chi connectivity index (χ3n) is 3.37. The highest BCUT2D eigenvalue weighted by molar-refractivity contribution is 6.36. The number of amides is 1. The van der Waals surface area contributed by atoms with Crippen LogP contribution < -0.4 is 10.1 Å². The number of methoxy groups -OCH3 is 2. The first-order valence-corrected chi connectivity index (χ1v) is 7.70. The van der Waals surface area contributed by atoms with E-state index in [1.54, 1.807) is 26.4 Å². The Morgan fingerprint density at radius 1 is 1.17 bits per heavy atom. The molecule has 0 heterocycles. The molecule has 122 valence electrons. The summed E-state index contributed by atoms with van der Waals surface area (Å²) in [5.41, 5.74) is 1.28. The van der Waals surface area contributed by atoms with E-state index in [0.29, 0.717) is 22.2 Å². The molecule has 2 aromatic rings. The van der Waals surface area contributed by atoms with Gasteiger partial charge in [0.2, 0.25) is 0 Å². The van der Waals surface area contributed by atoms with Gasteiger partial charge in [0, 0.05) is 18.7 Å². The van der Waals surface area contributed by atoms with Crippen molar-refractivity contribution in [1.29, 1.82) is 0 Å². The average Bonchev–Trinajstić information content (AvgIpc) is 2.55. The van der Waals surface area contributed by atoms with Crippen molar-refractivity contribution in [3.8, 4) is 5.75 Å². The van der Waals surface area contributed by atoms with Crippen LogP contribution in [0.2, 0.25) is 10.0 Å². The third kappa shape index (κ3) is 4.61. The first kappa shape index (κ1) is 17.6. The zero-order valence-corrected chi connectivity index (χ0v) is 14.3. The van der Waals surface area contributed by atoms with Crippen molar-refractivity contribution in [3.05, 3.63) is 63.6 Å². The second-order valence-corrected chi connectivity index (χ2v) is 5.68. The molecular weight excluding hydrogens is 337 g/mol. The molecule has 0 saturated heterocycles. The summed E-state index contributed by atoms with van der Waals surface area (Å²) in [6.45, 7) is 0.307. The van der Waals surface area contributed by atoms with Gasteiger partial charge in [0.15, 0.2) is 0 Å². The van der Waals surface area contributed by atoms with Crippen LogP contribution in [0.25, 0.3) is 0 Å². The Labute approximate surface area is 145 Å². The van der Waals surface area contributed by atoms with Gasteiger partial charge >= 0.3 is 0 Å². The van der Waals surface area contributed by atoms with Gasteiger partial charge in [-0.15, -0.1) is 0 Å². The first-order valence-electron chi connectivity index (χ1n) is 6.95. The molecule has 1 atom stereocenters. The fourth-order valence-corrected chi connectivity index (χ4v) is 2.63. The molecule has 1 amide bonds. The van der Waals surface area contributed by atoms with Crippen molar-refractivity contribution in [1.82, 2.24) is 5.32 Å². The van der Waals surface area contributed by atoms with E-state index in [4.69, 9.17) is 32.7 Å². The second kappa shape index (κ2) is 8.20.